The van der Waals surface area contributed by atoms with E-state index in [1.807, 2.05) is 18.2 Å². The molecule has 2 rings (SSSR count). The summed E-state index contributed by atoms with van der Waals surface area (Å²) in [5.74, 6) is -0.340. The Morgan fingerprint density at radius 2 is 2.00 bits per heavy atom. The van der Waals surface area contributed by atoms with Crippen LogP contribution in [0.25, 0.3) is 10.8 Å². The van der Waals surface area contributed by atoms with Crippen molar-refractivity contribution in [3.8, 4) is 0 Å². The molecule has 2 heteroatoms. The minimum Gasteiger partial charge on any atom is -0.205 e. The zero-order chi connectivity index (χ0) is 10.8. The highest BCUT2D eigenvalue weighted by Crippen LogP contribution is 2.29. The number of fused-ring (bicyclic) bond motifs is 1. The van der Waals surface area contributed by atoms with Crippen LogP contribution in [0.3, 0.4) is 0 Å². The Bertz CT molecular complexity index is 491. The number of hydrogen-bond acceptors (Lipinski definition) is 0. The second-order valence-corrected chi connectivity index (χ2v) is 4.00. The van der Waals surface area contributed by atoms with Crippen molar-refractivity contribution in [1.82, 2.24) is 0 Å². The molecule has 0 heterocycles. The summed E-state index contributed by atoms with van der Waals surface area (Å²) in [6.45, 7) is 2.10. The summed E-state index contributed by atoms with van der Waals surface area (Å²) in [5.41, 5.74) is 1.12. The molecule has 78 valence electrons. The van der Waals surface area contributed by atoms with Crippen molar-refractivity contribution in [2.24, 2.45) is 0 Å². The second-order valence-electron chi connectivity index (χ2n) is 3.63. The molecule has 0 spiro atoms. The summed E-state index contributed by atoms with van der Waals surface area (Å²) in [5, 5.41) is 2.12. The van der Waals surface area contributed by atoms with Gasteiger partial charge in [0.25, 0.3) is 0 Å². The molecular weight excluding hydrogens is 211 g/mol. The van der Waals surface area contributed by atoms with Gasteiger partial charge >= 0.3 is 0 Å². The van der Waals surface area contributed by atoms with Gasteiger partial charge in [-0.15, -0.1) is 0 Å². The maximum Gasteiger partial charge on any atom is 0.142 e. The molecule has 0 nitrogen and oxygen atoms in total. The molecular formula is C13H12ClF. The first-order valence-electron chi connectivity index (χ1n) is 5.09. The molecule has 0 aliphatic heterocycles. The van der Waals surface area contributed by atoms with E-state index in [1.165, 1.54) is 6.07 Å². The first-order valence-corrected chi connectivity index (χ1v) is 5.47. The van der Waals surface area contributed by atoms with Crippen molar-refractivity contribution in [3.05, 3.63) is 46.7 Å². The SMILES string of the molecule is CCCc1cccc2ccc(F)c(Cl)c12. The molecule has 0 amide bonds. The third kappa shape index (κ3) is 1.84. The van der Waals surface area contributed by atoms with Gasteiger partial charge in [0.2, 0.25) is 0 Å². The van der Waals surface area contributed by atoms with Crippen LogP contribution in [0.1, 0.15) is 18.9 Å². The van der Waals surface area contributed by atoms with E-state index in [-0.39, 0.29) is 10.8 Å². The standard InChI is InChI=1S/C13H12ClF/c1-2-4-9-5-3-6-10-7-8-11(15)13(14)12(9)10/h3,5-8H,2,4H2,1H3. The lowest BCUT2D eigenvalue weighted by molar-refractivity contribution is 0.630. The van der Waals surface area contributed by atoms with E-state index < -0.39 is 0 Å². The molecule has 0 saturated carbocycles. The summed E-state index contributed by atoms with van der Waals surface area (Å²) in [7, 11) is 0. The molecule has 0 radical (unpaired) electrons. The molecule has 0 aliphatic rings. The lowest BCUT2D eigenvalue weighted by Gasteiger charge is -2.07. The Balaban J connectivity index is 2.76. The average molecular weight is 223 g/mol. The lowest BCUT2D eigenvalue weighted by Crippen LogP contribution is -1.88. The number of rotatable bonds is 2. The van der Waals surface area contributed by atoms with Crippen molar-refractivity contribution >= 4 is 22.4 Å². The molecule has 0 aromatic heterocycles. The number of benzene rings is 2. The van der Waals surface area contributed by atoms with Crippen LogP contribution in [0, 0.1) is 5.82 Å². The van der Waals surface area contributed by atoms with Crippen LogP contribution >= 0.6 is 11.6 Å². The van der Waals surface area contributed by atoms with Crippen molar-refractivity contribution < 1.29 is 4.39 Å². The molecule has 0 aliphatic carbocycles. The van der Waals surface area contributed by atoms with E-state index in [0.717, 1.165) is 29.2 Å². The zero-order valence-electron chi connectivity index (χ0n) is 8.56. The van der Waals surface area contributed by atoms with Crippen molar-refractivity contribution in [2.75, 3.05) is 0 Å². The topological polar surface area (TPSA) is 0 Å². The van der Waals surface area contributed by atoms with Gasteiger partial charge in [-0.3, -0.25) is 0 Å². The predicted molar refractivity (Wildman–Crippen MR) is 62.9 cm³/mol. The average Bonchev–Trinajstić information content (AvgIpc) is 2.24. The van der Waals surface area contributed by atoms with Crippen molar-refractivity contribution in [1.29, 1.82) is 0 Å². The first kappa shape index (κ1) is 10.4. The molecule has 15 heavy (non-hydrogen) atoms. The first-order chi connectivity index (χ1) is 7.24. The molecule has 0 atom stereocenters. The van der Waals surface area contributed by atoms with Gasteiger partial charge in [-0.1, -0.05) is 49.2 Å². The van der Waals surface area contributed by atoms with Gasteiger partial charge in [-0.05, 0) is 23.4 Å². The normalized spacial score (nSPS) is 10.9. The van der Waals surface area contributed by atoms with E-state index in [2.05, 4.69) is 6.92 Å². The third-order valence-corrected chi connectivity index (χ3v) is 2.91. The Morgan fingerprint density at radius 3 is 2.73 bits per heavy atom. The Kier molecular flexibility index (Phi) is 2.92. The van der Waals surface area contributed by atoms with Crippen LogP contribution in [-0.4, -0.2) is 0 Å². The number of halogens is 2. The Labute approximate surface area is 93.7 Å². The minimum atomic E-state index is -0.340. The predicted octanol–water partition coefficient (Wildman–Crippen LogP) is 4.58. The van der Waals surface area contributed by atoms with E-state index in [0.29, 0.717) is 0 Å². The van der Waals surface area contributed by atoms with Crippen LogP contribution in [-0.2, 0) is 6.42 Å². The third-order valence-electron chi connectivity index (χ3n) is 2.54. The maximum atomic E-state index is 13.3. The van der Waals surface area contributed by atoms with Gasteiger partial charge in [0.15, 0.2) is 0 Å². The van der Waals surface area contributed by atoms with E-state index in [1.54, 1.807) is 6.07 Å². The zero-order valence-corrected chi connectivity index (χ0v) is 9.31. The fraction of sp³-hybridized carbons (Fsp3) is 0.231. The van der Waals surface area contributed by atoms with Gasteiger partial charge in [-0.2, -0.15) is 0 Å². The monoisotopic (exact) mass is 222 g/mol. The Morgan fingerprint density at radius 1 is 1.20 bits per heavy atom. The molecule has 0 saturated heterocycles. The molecule has 0 N–H and O–H groups in total. The van der Waals surface area contributed by atoms with Crippen molar-refractivity contribution in [3.63, 3.8) is 0 Å². The highest BCUT2D eigenvalue weighted by atomic mass is 35.5. The minimum absolute atomic E-state index is 0.247. The fourth-order valence-corrected chi connectivity index (χ4v) is 2.15. The molecule has 2 aromatic carbocycles. The summed E-state index contributed by atoms with van der Waals surface area (Å²) in [6, 6.07) is 9.15. The van der Waals surface area contributed by atoms with E-state index in [9.17, 15) is 4.39 Å². The fourth-order valence-electron chi connectivity index (χ4n) is 1.86. The summed E-state index contributed by atoms with van der Waals surface area (Å²) in [4.78, 5) is 0. The quantitative estimate of drug-likeness (QED) is 0.698. The van der Waals surface area contributed by atoms with Crippen LogP contribution in [0.2, 0.25) is 5.02 Å². The smallest absolute Gasteiger partial charge is 0.142 e. The number of aryl methyl sites for hydroxylation is 1. The van der Waals surface area contributed by atoms with Gasteiger partial charge < -0.3 is 0 Å². The Hall–Kier alpha value is -1.08. The molecule has 0 fully saturated rings. The van der Waals surface area contributed by atoms with Gasteiger partial charge in [0, 0.05) is 5.39 Å². The van der Waals surface area contributed by atoms with E-state index >= 15 is 0 Å². The van der Waals surface area contributed by atoms with E-state index in [4.69, 9.17) is 11.6 Å². The van der Waals surface area contributed by atoms with Gasteiger partial charge in [0.1, 0.15) is 5.82 Å². The largest absolute Gasteiger partial charge is 0.205 e. The highest BCUT2D eigenvalue weighted by molar-refractivity contribution is 6.36. The highest BCUT2D eigenvalue weighted by Gasteiger charge is 2.08. The maximum absolute atomic E-state index is 13.3. The molecule has 0 unspecified atom stereocenters. The van der Waals surface area contributed by atoms with Gasteiger partial charge in [0.05, 0.1) is 5.02 Å². The van der Waals surface area contributed by atoms with Crippen molar-refractivity contribution in [2.45, 2.75) is 19.8 Å². The van der Waals surface area contributed by atoms with Crippen LogP contribution in [0.5, 0.6) is 0 Å². The number of hydrogen-bond donors (Lipinski definition) is 0. The van der Waals surface area contributed by atoms with Crippen LogP contribution in [0.4, 0.5) is 4.39 Å². The van der Waals surface area contributed by atoms with Crippen LogP contribution in [0.15, 0.2) is 30.3 Å². The van der Waals surface area contributed by atoms with Gasteiger partial charge in [-0.25, -0.2) is 4.39 Å². The van der Waals surface area contributed by atoms with Crippen LogP contribution < -0.4 is 0 Å². The summed E-state index contributed by atoms with van der Waals surface area (Å²) < 4.78 is 13.3. The molecule has 0 bridgehead atoms. The lowest BCUT2D eigenvalue weighted by atomic mass is 10.0. The second kappa shape index (κ2) is 4.19. The summed E-state index contributed by atoms with van der Waals surface area (Å²) in [6.07, 6.45) is 1.96. The molecule has 2 aromatic rings. The summed E-state index contributed by atoms with van der Waals surface area (Å²) >= 11 is 5.99.